The number of aromatic nitrogens is 1. The number of nitrogens with zero attached hydrogens (tertiary/aromatic N) is 2. The molecule has 1 aromatic heterocycles. The summed E-state index contributed by atoms with van der Waals surface area (Å²) in [5, 5.41) is 5.32. The van der Waals surface area contributed by atoms with Crippen LogP contribution in [0.2, 0.25) is 0 Å². The molecule has 0 saturated carbocycles. The lowest BCUT2D eigenvalue weighted by molar-refractivity contribution is -0.0177. The summed E-state index contributed by atoms with van der Waals surface area (Å²) in [5.74, 6) is 0.381. The van der Waals surface area contributed by atoms with Gasteiger partial charge in [-0.05, 0) is 24.6 Å². The Balaban J connectivity index is 1.95. The molecular weight excluding hydrogens is 314 g/mol. The second kappa shape index (κ2) is 6.27. The lowest BCUT2D eigenvalue weighted by Gasteiger charge is -2.38. The molecule has 2 heterocycles. The smallest absolute Gasteiger partial charge is 0.241 e. The molecule has 1 fully saturated rings. The van der Waals surface area contributed by atoms with Gasteiger partial charge in [-0.3, -0.25) is 0 Å². The van der Waals surface area contributed by atoms with Gasteiger partial charge in [-0.2, -0.15) is 0 Å². The quantitative estimate of drug-likeness (QED) is 0.924. The van der Waals surface area contributed by atoms with E-state index in [4.69, 9.17) is 9.88 Å². The topological polar surface area (TPSA) is 85.5 Å². The Hall–Kier alpha value is -1.96. The number of benzene rings is 1. The van der Waals surface area contributed by atoms with E-state index in [-0.39, 0.29) is 17.1 Å². The van der Waals surface area contributed by atoms with Crippen molar-refractivity contribution in [3.63, 3.8) is 0 Å². The van der Waals surface area contributed by atoms with Gasteiger partial charge in [0.25, 0.3) is 0 Å². The summed E-state index contributed by atoms with van der Waals surface area (Å²) in [5.41, 5.74) is 1.05. The van der Waals surface area contributed by atoms with Crippen LogP contribution in [0.4, 0.5) is 5.82 Å². The summed E-state index contributed by atoms with van der Waals surface area (Å²) in [7, 11) is -3.83. The Morgan fingerprint density at radius 1 is 1.17 bits per heavy atom. The highest BCUT2D eigenvalue weighted by atomic mass is 32.2. The van der Waals surface area contributed by atoms with E-state index in [1.807, 2.05) is 42.2 Å². The van der Waals surface area contributed by atoms with Gasteiger partial charge in [0.15, 0.2) is 0 Å². The van der Waals surface area contributed by atoms with Gasteiger partial charge in [0, 0.05) is 19.3 Å². The van der Waals surface area contributed by atoms with Gasteiger partial charge in [0.2, 0.25) is 10.0 Å². The summed E-state index contributed by atoms with van der Waals surface area (Å²) in [4.78, 5) is 6.21. The zero-order valence-corrected chi connectivity index (χ0v) is 13.6. The number of ether oxygens (including phenoxy) is 1. The summed E-state index contributed by atoms with van der Waals surface area (Å²) in [6, 6.07) is 12.9. The Kier molecular flexibility index (Phi) is 4.34. The molecule has 2 unspecified atom stereocenters. The van der Waals surface area contributed by atoms with Gasteiger partial charge in [-0.15, -0.1) is 0 Å². The van der Waals surface area contributed by atoms with Crippen molar-refractivity contribution in [2.45, 2.75) is 24.0 Å². The molecule has 2 aromatic rings. The van der Waals surface area contributed by atoms with Crippen molar-refractivity contribution >= 4 is 15.8 Å². The maximum atomic E-state index is 11.8. The van der Waals surface area contributed by atoms with Crippen LogP contribution in [0.5, 0.6) is 0 Å². The van der Waals surface area contributed by atoms with E-state index in [1.165, 1.54) is 6.07 Å². The molecule has 1 saturated heterocycles. The maximum Gasteiger partial charge on any atom is 0.241 e. The van der Waals surface area contributed by atoms with Crippen LogP contribution in [-0.4, -0.2) is 32.6 Å². The number of sulfonamides is 1. The van der Waals surface area contributed by atoms with Gasteiger partial charge in [0.05, 0.1) is 6.10 Å². The van der Waals surface area contributed by atoms with E-state index in [2.05, 4.69) is 4.98 Å². The number of primary sulfonamides is 1. The second-order valence-electron chi connectivity index (χ2n) is 5.62. The molecule has 2 atom stereocenters. The number of hydrogen-bond acceptors (Lipinski definition) is 5. The fraction of sp³-hybridized carbons (Fsp3) is 0.312. The predicted octanol–water partition coefficient (Wildman–Crippen LogP) is 1.70. The molecule has 0 amide bonds. The van der Waals surface area contributed by atoms with Crippen LogP contribution >= 0.6 is 0 Å². The standard InChI is InChI=1S/C16H19N3O3S/c1-12-10-19(11-14(22-12)13-6-3-2-4-7-13)16-15(23(17,20)21)8-5-9-18-16/h2-9,12,14H,10-11H2,1H3,(H2,17,20,21). The first-order valence-electron chi connectivity index (χ1n) is 7.38. The Labute approximate surface area is 136 Å². The number of anilines is 1. The number of hydrogen-bond donors (Lipinski definition) is 1. The average molecular weight is 333 g/mol. The van der Waals surface area contributed by atoms with Crippen LogP contribution in [0.25, 0.3) is 0 Å². The molecule has 122 valence electrons. The van der Waals surface area contributed by atoms with Gasteiger partial charge < -0.3 is 9.64 Å². The van der Waals surface area contributed by atoms with Crippen molar-refractivity contribution < 1.29 is 13.2 Å². The maximum absolute atomic E-state index is 11.8. The Morgan fingerprint density at radius 2 is 1.91 bits per heavy atom. The predicted molar refractivity (Wildman–Crippen MR) is 87.6 cm³/mol. The highest BCUT2D eigenvalue weighted by Gasteiger charge is 2.30. The zero-order valence-electron chi connectivity index (χ0n) is 12.8. The van der Waals surface area contributed by atoms with E-state index in [0.29, 0.717) is 18.9 Å². The van der Waals surface area contributed by atoms with Crippen molar-refractivity contribution in [3.8, 4) is 0 Å². The average Bonchev–Trinajstić information content (AvgIpc) is 2.54. The van der Waals surface area contributed by atoms with E-state index < -0.39 is 10.0 Å². The number of rotatable bonds is 3. The molecule has 23 heavy (non-hydrogen) atoms. The SMILES string of the molecule is CC1CN(c2ncccc2S(N)(=O)=O)CC(c2ccccc2)O1. The van der Waals surface area contributed by atoms with Crippen LogP contribution in [0.1, 0.15) is 18.6 Å². The normalized spacial score (nSPS) is 22.1. The third-order valence-corrected chi connectivity index (χ3v) is 4.72. The number of morpholine rings is 1. The fourth-order valence-electron chi connectivity index (χ4n) is 2.82. The largest absolute Gasteiger partial charge is 0.367 e. The molecule has 3 rings (SSSR count). The molecule has 7 heteroatoms. The summed E-state index contributed by atoms with van der Waals surface area (Å²) < 4.78 is 29.6. The molecular formula is C16H19N3O3S. The summed E-state index contributed by atoms with van der Waals surface area (Å²) >= 11 is 0. The Bertz CT molecular complexity index is 780. The van der Waals surface area contributed by atoms with Gasteiger partial charge in [0.1, 0.15) is 16.8 Å². The van der Waals surface area contributed by atoms with Gasteiger partial charge >= 0.3 is 0 Å². The molecule has 0 bridgehead atoms. The van der Waals surface area contributed by atoms with Crippen molar-refractivity contribution in [1.29, 1.82) is 0 Å². The minimum absolute atomic E-state index is 0.0425. The minimum atomic E-state index is -3.83. The van der Waals surface area contributed by atoms with Gasteiger partial charge in [-0.25, -0.2) is 18.5 Å². The third-order valence-electron chi connectivity index (χ3n) is 3.79. The molecule has 1 aromatic carbocycles. The highest BCUT2D eigenvalue weighted by Crippen LogP contribution is 2.30. The Morgan fingerprint density at radius 3 is 2.61 bits per heavy atom. The summed E-state index contributed by atoms with van der Waals surface area (Å²) in [6.45, 7) is 3.04. The lowest BCUT2D eigenvalue weighted by Crippen LogP contribution is -2.44. The van der Waals surface area contributed by atoms with Crippen molar-refractivity contribution in [2.24, 2.45) is 5.14 Å². The first kappa shape index (κ1) is 15.9. The van der Waals surface area contributed by atoms with E-state index in [0.717, 1.165) is 5.56 Å². The number of nitrogens with two attached hydrogens (primary N) is 1. The fourth-order valence-corrected chi connectivity index (χ4v) is 3.52. The van der Waals surface area contributed by atoms with Crippen molar-refractivity contribution in [3.05, 3.63) is 54.2 Å². The zero-order chi connectivity index (χ0) is 16.4. The molecule has 6 nitrogen and oxygen atoms in total. The van der Waals surface area contributed by atoms with Crippen LogP contribution in [-0.2, 0) is 14.8 Å². The highest BCUT2D eigenvalue weighted by molar-refractivity contribution is 7.89. The molecule has 0 spiro atoms. The minimum Gasteiger partial charge on any atom is -0.367 e. The van der Waals surface area contributed by atoms with E-state index in [1.54, 1.807) is 12.3 Å². The first-order valence-corrected chi connectivity index (χ1v) is 8.93. The molecule has 0 aliphatic carbocycles. The van der Waals surface area contributed by atoms with E-state index >= 15 is 0 Å². The van der Waals surface area contributed by atoms with Crippen molar-refractivity contribution in [2.75, 3.05) is 18.0 Å². The monoisotopic (exact) mass is 333 g/mol. The van der Waals surface area contributed by atoms with Crippen LogP contribution < -0.4 is 10.0 Å². The van der Waals surface area contributed by atoms with Crippen LogP contribution in [0, 0.1) is 0 Å². The van der Waals surface area contributed by atoms with Crippen LogP contribution in [0.15, 0.2) is 53.6 Å². The summed E-state index contributed by atoms with van der Waals surface area (Å²) in [6.07, 6.45) is 1.38. The number of pyridine rings is 1. The lowest BCUT2D eigenvalue weighted by atomic mass is 10.1. The molecule has 0 radical (unpaired) electrons. The second-order valence-corrected chi connectivity index (χ2v) is 7.15. The molecule has 2 N–H and O–H groups in total. The van der Waals surface area contributed by atoms with Crippen LogP contribution in [0.3, 0.4) is 0 Å². The third kappa shape index (κ3) is 3.52. The molecule has 1 aliphatic heterocycles. The molecule has 1 aliphatic rings. The van der Waals surface area contributed by atoms with Gasteiger partial charge in [-0.1, -0.05) is 30.3 Å². The van der Waals surface area contributed by atoms with E-state index in [9.17, 15) is 8.42 Å². The van der Waals surface area contributed by atoms with Crippen molar-refractivity contribution in [1.82, 2.24) is 4.98 Å². The first-order chi connectivity index (χ1) is 10.9.